The molecule has 10 heteroatoms. The Bertz CT molecular complexity index is 1400. The second-order valence-electron chi connectivity index (χ2n) is 7.76. The van der Waals surface area contributed by atoms with Gasteiger partial charge in [0.05, 0.1) is 24.6 Å². The number of fused-ring (bicyclic) bond motifs is 1. The van der Waals surface area contributed by atoms with Crippen LogP contribution in [0.4, 0.5) is 14.6 Å². The molecule has 0 saturated carbocycles. The lowest BCUT2D eigenvalue weighted by molar-refractivity contribution is 0.560. The molecular formula is C22H18F2N8. The molecule has 8 nitrogen and oxygen atoms in total. The minimum Gasteiger partial charge on any atom is -0.349 e. The maximum atomic E-state index is 14.5. The van der Waals surface area contributed by atoms with Crippen molar-refractivity contribution in [2.75, 3.05) is 11.4 Å². The third-order valence-electron chi connectivity index (χ3n) is 5.86. The molecule has 1 N–H and O–H groups in total. The van der Waals surface area contributed by atoms with Crippen molar-refractivity contribution in [3.05, 3.63) is 78.6 Å². The fourth-order valence-electron chi connectivity index (χ4n) is 4.32. The highest BCUT2D eigenvalue weighted by Gasteiger charge is 2.30. The van der Waals surface area contributed by atoms with Crippen molar-refractivity contribution >= 4 is 11.5 Å². The largest absolute Gasteiger partial charge is 0.349 e. The number of aromatic amines is 1. The second kappa shape index (κ2) is 7.26. The lowest BCUT2D eigenvalue weighted by Crippen LogP contribution is -2.24. The first-order valence-electron chi connectivity index (χ1n) is 10.3. The normalized spacial score (nSPS) is 16.3. The van der Waals surface area contributed by atoms with Gasteiger partial charge < -0.3 is 4.90 Å². The first kappa shape index (κ1) is 18.7. The summed E-state index contributed by atoms with van der Waals surface area (Å²) >= 11 is 0. The van der Waals surface area contributed by atoms with Gasteiger partial charge in [-0.2, -0.15) is 15.3 Å². The van der Waals surface area contributed by atoms with E-state index in [2.05, 4.69) is 20.4 Å². The van der Waals surface area contributed by atoms with Gasteiger partial charge in [0.15, 0.2) is 5.65 Å². The predicted octanol–water partition coefficient (Wildman–Crippen LogP) is 3.92. The number of hydrogen-bond donors (Lipinski definition) is 1. The molecule has 160 valence electrons. The Kier molecular flexibility index (Phi) is 4.23. The molecule has 0 spiro atoms. The quantitative estimate of drug-likeness (QED) is 0.466. The molecule has 32 heavy (non-hydrogen) atoms. The molecule has 1 aliphatic rings. The lowest BCUT2D eigenvalue weighted by Gasteiger charge is -2.26. The average molecular weight is 432 g/mol. The van der Waals surface area contributed by atoms with Crippen LogP contribution in [0, 0.1) is 11.6 Å². The standard InChI is InChI=1S/C22H18F2N8/c23-16-3-4-18(24)17(8-16)19-2-1-6-30(19)21-5-7-31-22(29-21)20(12-28-31)32-13-15(11-27-32)14-9-25-26-10-14/h3-5,7-13,19H,1-2,6H2,(H,25,26). The summed E-state index contributed by atoms with van der Waals surface area (Å²) in [6.07, 6.45) is 12.3. The summed E-state index contributed by atoms with van der Waals surface area (Å²) in [4.78, 5) is 6.85. The van der Waals surface area contributed by atoms with E-state index in [0.29, 0.717) is 29.3 Å². The molecule has 0 aliphatic carbocycles. The highest BCUT2D eigenvalue weighted by Crippen LogP contribution is 2.37. The van der Waals surface area contributed by atoms with Gasteiger partial charge in [0.1, 0.15) is 23.1 Å². The van der Waals surface area contributed by atoms with E-state index in [1.165, 1.54) is 12.1 Å². The number of nitrogens with zero attached hydrogens (tertiary/aromatic N) is 7. The maximum absolute atomic E-state index is 14.5. The van der Waals surface area contributed by atoms with Gasteiger partial charge >= 0.3 is 0 Å². The topological polar surface area (TPSA) is 79.9 Å². The van der Waals surface area contributed by atoms with Crippen molar-refractivity contribution in [3.8, 4) is 16.8 Å². The Morgan fingerprint density at radius 1 is 1.03 bits per heavy atom. The summed E-state index contributed by atoms with van der Waals surface area (Å²) in [5.41, 5.74) is 3.53. The van der Waals surface area contributed by atoms with Crippen molar-refractivity contribution < 1.29 is 8.78 Å². The van der Waals surface area contributed by atoms with Crippen molar-refractivity contribution in [2.24, 2.45) is 0 Å². The zero-order chi connectivity index (χ0) is 21.7. The number of rotatable bonds is 4. The van der Waals surface area contributed by atoms with Crippen molar-refractivity contribution in [3.63, 3.8) is 0 Å². The highest BCUT2D eigenvalue weighted by atomic mass is 19.1. The molecule has 6 rings (SSSR count). The molecule has 1 atom stereocenters. The van der Waals surface area contributed by atoms with Crippen LogP contribution in [-0.2, 0) is 0 Å². The van der Waals surface area contributed by atoms with Gasteiger partial charge in [-0.15, -0.1) is 0 Å². The number of hydrogen-bond acceptors (Lipinski definition) is 5. The van der Waals surface area contributed by atoms with E-state index in [1.807, 2.05) is 23.4 Å². The summed E-state index contributed by atoms with van der Waals surface area (Å²) in [6, 6.07) is 5.18. The number of aromatic nitrogens is 7. The molecule has 1 aromatic carbocycles. The van der Waals surface area contributed by atoms with E-state index >= 15 is 0 Å². The van der Waals surface area contributed by atoms with Gasteiger partial charge in [0, 0.05) is 41.8 Å². The van der Waals surface area contributed by atoms with Crippen molar-refractivity contribution in [1.29, 1.82) is 0 Å². The Morgan fingerprint density at radius 2 is 1.97 bits per heavy atom. The zero-order valence-corrected chi connectivity index (χ0v) is 16.9. The zero-order valence-electron chi connectivity index (χ0n) is 16.9. The monoisotopic (exact) mass is 432 g/mol. The third-order valence-corrected chi connectivity index (χ3v) is 5.86. The second-order valence-corrected chi connectivity index (χ2v) is 7.76. The van der Waals surface area contributed by atoms with Crippen molar-refractivity contribution in [2.45, 2.75) is 18.9 Å². The fourth-order valence-corrected chi connectivity index (χ4v) is 4.32. The van der Waals surface area contributed by atoms with Gasteiger partial charge in [0.25, 0.3) is 0 Å². The summed E-state index contributed by atoms with van der Waals surface area (Å²) in [5, 5.41) is 15.6. The molecule has 0 amide bonds. The maximum Gasteiger partial charge on any atom is 0.183 e. The Balaban J connectivity index is 1.39. The molecule has 1 unspecified atom stereocenters. The van der Waals surface area contributed by atoms with Crippen molar-refractivity contribution in [1.82, 2.24) is 34.6 Å². The van der Waals surface area contributed by atoms with Gasteiger partial charge in [-0.25, -0.2) is 23.0 Å². The SMILES string of the molecule is Fc1ccc(F)c(C2CCCN2c2ccn3ncc(-n4cc(-c5cn[nH]c5)cn4)c3n2)c1. The Hall–Kier alpha value is -4.08. The highest BCUT2D eigenvalue weighted by molar-refractivity contribution is 5.64. The van der Waals surface area contributed by atoms with E-state index in [0.717, 1.165) is 30.0 Å². The minimum absolute atomic E-state index is 0.274. The molecule has 1 fully saturated rings. The van der Waals surface area contributed by atoms with E-state index in [9.17, 15) is 8.78 Å². The van der Waals surface area contributed by atoms with E-state index in [1.54, 1.807) is 34.0 Å². The Labute approximate surface area is 181 Å². The van der Waals surface area contributed by atoms with E-state index in [4.69, 9.17) is 4.98 Å². The molecule has 5 heterocycles. The van der Waals surface area contributed by atoms with Crippen LogP contribution in [0.25, 0.3) is 22.5 Å². The predicted molar refractivity (Wildman–Crippen MR) is 113 cm³/mol. The molecular weight excluding hydrogens is 414 g/mol. The van der Waals surface area contributed by atoms with Crippen LogP contribution in [-0.4, -0.2) is 41.1 Å². The molecule has 1 aliphatic heterocycles. The number of nitrogens with one attached hydrogen (secondary N) is 1. The Morgan fingerprint density at radius 3 is 2.84 bits per heavy atom. The minimum atomic E-state index is -0.443. The third kappa shape index (κ3) is 3.03. The first-order chi connectivity index (χ1) is 15.7. The number of H-pyrrole nitrogens is 1. The molecule has 0 bridgehead atoms. The summed E-state index contributed by atoms with van der Waals surface area (Å²) in [7, 11) is 0. The first-order valence-corrected chi connectivity index (χ1v) is 10.3. The van der Waals surface area contributed by atoms with Crippen LogP contribution in [0.5, 0.6) is 0 Å². The molecule has 1 saturated heterocycles. The summed E-state index contributed by atoms with van der Waals surface area (Å²) in [6.45, 7) is 0.708. The fraction of sp³-hybridized carbons (Fsp3) is 0.182. The van der Waals surface area contributed by atoms with E-state index in [-0.39, 0.29) is 6.04 Å². The van der Waals surface area contributed by atoms with Crippen LogP contribution in [0.1, 0.15) is 24.4 Å². The van der Waals surface area contributed by atoms with Gasteiger partial charge in [-0.3, -0.25) is 5.10 Å². The average Bonchev–Trinajstić information content (AvgIpc) is 3.60. The summed E-state index contributed by atoms with van der Waals surface area (Å²) < 4.78 is 31.7. The van der Waals surface area contributed by atoms with Crippen LogP contribution < -0.4 is 4.90 Å². The molecule has 5 aromatic rings. The summed E-state index contributed by atoms with van der Waals surface area (Å²) in [5.74, 6) is -0.160. The van der Waals surface area contributed by atoms with Crippen LogP contribution in [0.15, 0.2) is 61.4 Å². The van der Waals surface area contributed by atoms with Gasteiger partial charge in [-0.1, -0.05) is 0 Å². The van der Waals surface area contributed by atoms with Crippen LogP contribution >= 0.6 is 0 Å². The van der Waals surface area contributed by atoms with Crippen LogP contribution in [0.3, 0.4) is 0 Å². The smallest absolute Gasteiger partial charge is 0.183 e. The van der Waals surface area contributed by atoms with Crippen LogP contribution in [0.2, 0.25) is 0 Å². The number of benzene rings is 1. The molecule has 4 aromatic heterocycles. The van der Waals surface area contributed by atoms with Gasteiger partial charge in [-0.05, 0) is 37.1 Å². The lowest BCUT2D eigenvalue weighted by atomic mass is 10.0. The van der Waals surface area contributed by atoms with E-state index < -0.39 is 11.6 Å². The van der Waals surface area contributed by atoms with Gasteiger partial charge in [0.2, 0.25) is 0 Å². The molecule has 0 radical (unpaired) electrons. The number of anilines is 1. The number of halogens is 2.